The summed E-state index contributed by atoms with van der Waals surface area (Å²) in [7, 11) is 0. The predicted octanol–water partition coefficient (Wildman–Crippen LogP) is 2.29. The second kappa shape index (κ2) is 7.38. The largest absolute Gasteiger partial charge is 0.616 e. The number of rotatable bonds is 5. The van der Waals surface area contributed by atoms with E-state index in [0.29, 0.717) is 19.0 Å². The standard InChI is InChI=1S/C22H28N2O3S/c25-21(14-28(27)18-8-4-5-9-18)23-12-16-10-17(13-23)24(16)22(26)20-11-19(20)15-6-2-1-3-7-15/h1-3,6-7,16-20H,4-5,8-14H2. The second-order valence-electron chi connectivity index (χ2n) is 8.88. The van der Waals surface area contributed by atoms with Crippen LogP contribution >= 0.6 is 0 Å². The van der Waals surface area contributed by atoms with Crippen LogP contribution in [0.3, 0.4) is 0 Å². The van der Waals surface area contributed by atoms with E-state index in [9.17, 15) is 14.1 Å². The number of nitrogens with zero attached hydrogens (tertiary/aromatic N) is 2. The molecule has 2 bridgehead atoms. The van der Waals surface area contributed by atoms with Gasteiger partial charge < -0.3 is 14.4 Å². The fourth-order valence-electron chi connectivity index (χ4n) is 5.38. The molecule has 1 aromatic rings. The molecular weight excluding hydrogens is 372 g/mol. The molecule has 3 saturated heterocycles. The van der Waals surface area contributed by atoms with Crippen molar-refractivity contribution in [3.8, 4) is 0 Å². The average Bonchev–Trinajstić information content (AvgIpc) is 3.33. The van der Waals surface area contributed by atoms with Gasteiger partial charge in [-0.15, -0.1) is 0 Å². The van der Waals surface area contributed by atoms with Crippen molar-refractivity contribution in [2.24, 2.45) is 5.92 Å². The highest BCUT2D eigenvalue weighted by atomic mass is 32.2. The van der Waals surface area contributed by atoms with Gasteiger partial charge in [0.2, 0.25) is 5.91 Å². The van der Waals surface area contributed by atoms with Crippen molar-refractivity contribution in [2.45, 2.75) is 61.8 Å². The Labute approximate surface area is 169 Å². The second-order valence-corrected chi connectivity index (χ2v) is 10.6. The van der Waals surface area contributed by atoms with Crippen LogP contribution in [0.15, 0.2) is 30.3 Å². The van der Waals surface area contributed by atoms with E-state index in [1.807, 2.05) is 28.0 Å². The fourth-order valence-corrected chi connectivity index (χ4v) is 6.90. The van der Waals surface area contributed by atoms with E-state index >= 15 is 0 Å². The third kappa shape index (κ3) is 3.35. The zero-order valence-corrected chi connectivity index (χ0v) is 17.0. The molecule has 2 saturated carbocycles. The lowest BCUT2D eigenvalue weighted by Gasteiger charge is -2.56. The van der Waals surface area contributed by atoms with Crippen LogP contribution in [0.2, 0.25) is 0 Å². The molecule has 1 aromatic carbocycles. The average molecular weight is 401 g/mol. The van der Waals surface area contributed by atoms with Gasteiger partial charge in [-0.25, -0.2) is 0 Å². The van der Waals surface area contributed by atoms with E-state index in [4.69, 9.17) is 0 Å². The molecule has 2 amide bonds. The summed E-state index contributed by atoms with van der Waals surface area (Å²) in [5.41, 5.74) is 1.26. The first-order chi connectivity index (χ1) is 13.6. The molecule has 0 aromatic heterocycles. The summed E-state index contributed by atoms with van der Waals surface area (Å²) in [5.74, 6) is 0.931. The smallest absolute Gasteiger partial charge is 0.272 e. The van der Waals surface area contributed by atoms with Crippen molar-refractivity contribution < 1.29 is 14.1 Å². The molecule has 5 aliphatic rings. The number of carbonyl (C=O) groups is 2. The van der Waals surface area contributed by atoms with Crippen LogP contribution in [0.25, 0.3) is 0 Å². The number of fused-ring (bicyclic) bond motifs is 2. The monoisotopic (exact) mass is 400 g/mol. The Morgan fingerprint density at radius 1 is 1.04 bits per heavy atom. The Bertz CT molecular complexity index is 739. The van der Waals surface area contributed by atoms with Crippen molar-refractivity contribution >= 4 is 23.0 Å². The lowest BCUT2D eigenvalue weighted by atomic mass is 9.86. The van der Waals surface area contributed by atoms with Gasteiger partial charge in [0, 0.05) is 19.0 Å². The van der Waals surface area contributed by atoms with E-state index < -0.39 is 11.2 Å². The maximum absolute atomic E-state index is 13.0. The number of amides is 2. The molecule has 150 valence electrons. The Morgan fingerprint density at radius 3 is 2.39 bits per heavy atom. The van der Waals surface area contributed by atoms with Crippen LogP contribution in [0.4, 0.5) is 0 Å². The topological polar surface area (TPSA) is 63.7 Å². The third-order valence-corrected chi connectivity index (χ3v) is 8.82. The first-order valence-electron chi connectivity index (χ1n) is 10.6. The molecule has 6 heteroatoms. The minimum absolute atomic E-state index is 0.0145. The van der Waals surface area contributed by atoms with Gasteiger partial charge in [0.15, 0.2) is 5.75 Å². The van der Waals surface area contributed by atoms with Gasteiger partial charge in [0.05, 0.1) is 12.1 Å². The van der Waals surface area contributed by atoms with Gasteiger partial charge >= 0.3 is 0 Å². The summed E-state index contributed by atoms with van der Waals surface area (Å²) in [4.78, 5) is 29.5. The normalized spacial score (nSPS) is 32.8. The van der Waals surface area contributed by atoms with Gasteiger partial charge in [-0.1, -0.05) is 30.3 Å². The summed E-state index contributed by atoms with van der Waals surface area (Å²) < 4.78 is 12.4. The van der Waals surface area contributed by atoms with Crippen LogP contribution in [0, 0.1) is 5.92 Å². The van der Waals surface area contributed by atoms with Crippen molar-refractivity contribution in [1.29, 1.82) is 0 Å². The summed E-state index contributed by atoms with van der Waals surface area (Å²) in [5, 5.41) is 0.214. The number of piperazine rings is 1. The number of carbonyl (C=O) groups excluding carboxylic acids is 2. The van der Waals surface area contributed by atoms with Gasteiger partial charge in [0.25, 0.3) is 5.91 Å². The van der Waals surface area contributed by atoms with Crippen molar-refractivity contribution in [3.63, 3.8) is 0 Å². The van der Waals surface area contributed by atoms with Gasteiger partial charge in [0.1, 0.15) is 5.25 Å². The van der Waals surface area contributed by atoms with Crippen LogP contribution in [-0.4, -0.2) is 62.3 Å². The predicted molar refractivity (Wildman–Crippen MR) is 108 cm³/mol. The van der Waals surface area contributed by atoms with E-state index in [0.717, 1.165) is 38.5 Å². The molecule has 5 atom stereocenters. The number of hydrogen-bond acceptors (Lipinski definition) is 3. The zero-order chi connectivity index (χ0) is 19.3. The Morgan fingerprint density at radius 2 is 1.71 bits per heavy atom. The molecule has 0 N–H and O–H groups in total. The summed E-state index contributed by atoms with van der Waals surface area (Å²) in [6.45, 7) is 1.23. The van der Waals surface area contributed by atoms with Crippen molar-refractivity contribution in [3.05, 3.63) is 35.9 Å². The highest BCUT2D eigenvalue weighted by molar-refractivity contribution is 7.92. The molecule has 0 radical (unpaired) electrons. The fraction of sp³-hybridized carbons (Fsp3) is 0.636. The molecule has 28 heavy (non-hydrogen) atoms. The Hall–Kier alpha value is -1.53. The van der Waals surface area contributed by atoms with E-state index in [-0.39, 0.29) is 40.8 Å². The zero-order valence-electron chi connectivity index (χ0n) is 16.2. The van der Waals surface area contributed by atoms with Gasteiger partial charge in [-0.3, -0.25) is 9.59 Å². The Balaban J connectivity index is 1.14. The third-order valence-electron chi connectivity index (χ3n) is 7.08. The summed E-state index contributed by atoms with van der Waals surface area (Å²) in [6.07, 6.45) is 6.22. The molecule has 5 fully saturated rings. The van der Waals surface area contributed by atoms with Crippen molar-refractivity contribution in [1.82, 2.24) is 9.80 Å². The quantitative estimate of drug-likeness (QED) is 0.713. The molecule has 0 spiro atoms. The van der Waals surface area contributed by atoms with Gasteiger partial charge in [-0.2, -0.15) is 0 Å². The minimum atomic E-state index is -1.04. The van der Waals surface area contributed by atoms with Gasteiger partial charge in [-0.05, 0) is 61.2 Å². The summed E-state index contributed by atoms with van der Waals surface area (Å²) >= 11 is -1.04. The number of hydrogen-bond donors (Lipinski definition) is 0. The lowest BCUT2D eigenvalue weighted by Crippen LogP contribution is -2.71. The SMILES string of the molecule is O=C(C[S+]([O-])C1CCCC1)N1CC2CC(C1)N2C(=O)C1CC1c1ccccc1. The first kappa shape index (κ1) is 18.5. The molecule has 3 heterocycles. The highest BCUT2D eigenvalue weighted by Gasteiger charge is 2.54. The number of piperidine rings is 1. The van der Waals surface area contributed by atoms with Crippen LogP contribution in [0.1, 0.15) is 50.0 Å². The van der Waals surface area contributed by atoms with Crippen molar-refractivity contribution in [2.75, 3.05) is 18.8 Å². The maximum Gasteiger partial charge on any atom is 0.272 e. The molecular formula is C22H28N2O3S. The molecule has 3 aliphatic heterocycles. The van der Waals surface area contributed by atoms with E-state index in [2.05, 4.69) is 12.1 Å². The highest BCUT2D eigenvalue weighted by Crippen LogP contribution is 2.50. The number of benzene rings is 1. The summed E-state index contributed by atoms with van der Waals surface area (Å²) in [6, 6.07) is 10.6. The molecule has 2 aliphatic carbocycles. The molecule has 5 nitrogen and oxygen atoms in total. The van der Waals surface area contributed by atoms with Crippen LogP contribution in [-0.2, 0) is 20.8 Å². The minimum Gasteiger partial charge on any atom is -0.616 e. The van der Waals surface area contributed by atoms with Crippen LogP contribution < -0.4 is 0 Å². The van der Waals surface area contributed by atoms with E-state index in [1.165, 1.54) is 5.56 Å². The maximum atomic E-state index is 13.0. The Kier molecular flexibility index (Phi) is 4.87. The molecule has 5 unspecified atom stereocenters. The van der Waals surface area contributed by atoms with E-state index in [1.54, 1.807) is 0 Å². The first-order valence-corrected chi connectivity index (χ1v) is 12.0. The van der Waals surface area contributed by atoms with Crippen LogP contribution in [0.5, 0.6) is 0 Å². The molecule has 6 rings (SSSR count). The lowest BCUT2D eigenvalue weighted by molar-refractivity contribution is -0.161.